The summed E-state index contributed by atoms with van der Waals surface area (Å²) in [4.78, 5) is 35.6. The van der Waals surface area contributed by atoms with E-state index in [-0.39, 0.29) is 11.1 Å². The number of amides is 1. The summed E-state index contributed by atoms with van der Waals surface area (Å²) < 4.78 is 27.8. The smallest absolute Gasteiger partial charge is 0.325 e. The molecular weight excluding hydrogens is 357 g/mol. The fraction of sp³-hybridized carbons (Fsp3) is 0.211. The van der Waals surface area contributed by atoms with Crippen molar-refractivity contribution in [1.82, 2.24) is 5.32 Å². The summed E-state index contributed by atoms with van der Waals surface area (Å²) in [5.74, 6) is -1.40. The number of esters is 1. The summed E-state index contributed by atoms with van der Waals surface area (Å²) in [6.07, 6.45) is 0. The van der Waals surface area contributed by atoms with Crippen LogP contribution in [0.1, 0.15) is 20.7 Å². The Balaban J connectivity index is 1.83. The molecule has 0 bridgehead atoms. The number of benzene rings is 2. The van der Waals surface area contributed by atoms with E-state index < -0.39 is 36.6 Å². The van der Waals surface area contributed by atoms with Crippen molar-refractivity contribution in [3.8, 4) is 11.5 Å². The van der Waals surface area contributed by atoms with E-state index in [1.54, 1.807) is 6.07 Å². The molecule has 2 aromatic carbocycles. The number of carbonyl (C=O) groups is 3. The largest absolute Gasteiger partial charge is 0.493 e. The quantitative estimate of drug-likeness (QED) is 0.561. The van der Waals surface area contributed by atoms with E-state index in [4.69, 9.17) is 14.2 Å². The Bertz CT molecular complexity index is 835. The van der Waals surface area contributed by atoms with Crippen LogP contribution in [-0.2, 0) is 9.53 Å². The summed E-state index contributed by atoms with van der Waals surface area (Å²) in [7, 11) is 2.91. The van der Waals surface area contributed by atoms with E-state index in [0.717, 1.165) is 12.1 Å². The molecule has 1 N–H and O–H groups in total. The third-order valence-electron chi connectivity index (χ3n) is 3.57. The van der Waals surface area contributed by atoms with Crippen molar-refractivity contribution in [2.24, 2.45) is 0 Å². The number of carbonyl (C=O) groups excluding carboxylic acids is 3. The number of nitrogens with one attached hydrogen (secondary N) is 1. The van der Waals surface area contributed by atoms with Gasteiger partial charge < -0.3 is 19.5 Å². The van der Waals surface area contributed by atoms with Gasteiger partial charge in [-0.25, -0.2) is 4.39 Å². The predicted octanol–water partition coefficient (Wildman–Crippen LogP) is 2.00. The van der Waals surface area contributed by atoms with Crippen molar-refractivity contribution in [1.29, 1.82) is 0 Å². The van der Waals surface area contributed by atoms with Gasteiger partial charge >= 0.3 is 5.97 Å². The number of ketones is 1. The van der Waals surface area contributed by atoms with Crippen LogP contribution in [0.25, 0.3) is 0 Å². The van der Waals surface area contributed by atoms with Crippen LogP contribution in [-0.4, -0.2) is 45.0 Å². The van der Waals surface area contributed by atoms with Crippen molar-refractivity contribution < 1.29 is 33.0 Å². The zero-order chi connectivity index (χ0) is 19.8. The highest BCUT2D eigenvalue weighted by atomic mass is 19.1. The second-order valence-electron chi connectivity index (χ2n) is 5.34. The number of hydrogen-bond acceptors (Lipinski definition) is 6. The summed E-state index contributed by atoms with van der Waals surface area (Å²) in [6, 6.07) is 9.41. The first-order chi connectivity index (χ1) is 12.9. The van der Waals surface area contributed by atoms with Crippen LogP contribution >= 0.6 is 0 Å². The number of rotatable bonds is 8. The molecule has 142 valence electrons. The molecule has 0 aliphatic carbocycles. The molecule has 0 aromatic heterocycles. The van der Waals surface area contributed by atoms with Crippen LogP contribution in [0.3, 0.4) is 0 Å². The highest BCUT2D eigenvalue weighted by Gasteiger charge is 2.14. The van der Waals surface area contributed by atoms with Crippen LogP contribution in [0, 0.1) is 5.82 Å². The first kappa shape index (κ1) is 19.9. The number of ether oxygens (including phenoxy) is 3. The number of methoxy groups -OCH3 is 2. The number of halogens is 1. The Morgan fingerprint density at radius 2 is 1.56 bits per heavy atom. The fourth-order valence-corrected chi connectivity index (χ4v) is 2.15. The van der Waals surface area contributed by atoms with E-state index in [2.05, 4.69) is 5.32 Å². The molecule has 1 amide bonds. The normalized spacial score (nSPS) is 10.0. The minimum atomic E-state index is -0.778. The SMILES string of the molecule is COc1ccc(C(=O)NCC(=O)OCC(=O)c2ccc(F)cc2)cc1OC. The molecule has 0 radical (unpaired) electrons. The van der Waals surface area contributed by atoms with Gasteiger partial charge in [0.15, 0.2) is 23.9 Å². The number of Topliss-reactive ketones (excluding diaryl/α,β-unsaturated/α-hetero) is 1. The molecule has 0 unspecified atom stereocenters. The van der Waals surface area contributed by atoms with E-state index in [1.807, 2.05) is 0 Å². The molecule has 2 rings (SSSR count). The molecule has 0 heterocycles. The van der Waals surface area contributed by atoms with Gasteiger partial charge in [0.2, 0.25) is 0 Å². The molecule has 0 saturated carbocycles. The van der Waals surface area contributed by atoms with Gasteiger partial charge in [-0.15, -0.1) is 0 Å². The summed E-state index contributed by atoms with van der Waals surface area (Å²) in [5, 5.41) is 2.39. The van der Waals surface area contributed by atoms with E-state index >= 15 is 0 Å². The van der Waals surface area contributed by atoms with Crippen molar-refractivity contribution in [3.05, 3.63) is 59.4 Å². The van der Waals surface area contributed by atoms with Gasteiger partial charge in [-0.1, -0.05) is 0 Å². The van der Waals surface area contributed by atoms with Gasteiger partial charge in [-0.2, -0.15) is 0 Å². The molecule has 0 spiro atoms. The highest BCUT2D eigenvalue weighted by Crippen LogP contribution is 2.27. The Morgan fingerprint density at radius 3 is 2.19 bits per heavy atom. The molecule has 27 heavy (non-hydrogen) atoms. The maximum Gasteiger partial charge on any atom is 0.325 e. The van der Waals surface area contributed by atoms with Crippen LogP contribution in [0.2, 0.25) is 0 Å². The summed E-state index contributed by atoms with van der Waals surface area (Å²) in [6.45, 7) is -0.916. The van der Waals surface area contributed by atoms with Gasteiger partial charge in [-0.05, 0) is 42.5 Å². The Hall–Kier alpha value is -3.42. The molecule has 7 nitrogen and oxygen atoms in total. The average molecular weight is 375 g/mol. The van der Waals surface area contributed by atoms with Crippen molar-refractivity contribution in [3.63, 3.8) is 0 Å². The lowest BCUT2D eigenvalue weighted by Crippen LogP contribution is -2.31. The summed E-state index contributed by atoms with van der Waals surface area (Å²) in [5.41, 5.74) is 0.487. The van der Waals surface area contributed by atoms with Crippen molar-refractivity contribution in [2.75, 3.05) is 27.4 Å². The molecule has 8 heteroatoms. The van der Waals surface area contributed by atoms with Crippen molar-refractivity contribution >= 4 is 17.7 Å². The lowest BCUT2D eigenvalue weighted by molar-refractivity contribution is -0.141. The minimum Gasteiger partial charge on any atom is -0.493 e. The molecular formula is C19H18FNO6. The fourth-order valence-electron chi connectivity index (χ4n) is 2.15. The second kappa shape index (κ2) is 9.33. The van der Waals surface area contributed by atoms with Crippen LogP contribution in [0.15, 0.2) is 42.5 Å². The molecule has 0 saturated heterocycles. The lowest BCUT2D eigenvalue weighted by atomic mass is 10.1. The van der Waals surface area contributed by atoms with E-state index in [9.17, 15) is 18.8 Å². The Morgan fingerprint density at radius 1 is 0.926 bits per heavy atom. The van der Waals surface area contributed by atoms with Gasteiger partial charge in [0.25, 0.3) is 5.91 Å². The standard InChI is InChI=1S/C19H18FNO6/c1-25-16-8-5-13(9-17(16)26-2)19(24)21-10-18(23)27-11-15(22)12-3-6-14(20)7-4-12/h3-9H,10-11H2,1-2H3,(H,21,24). The summed E-state index contributed by atoms with van der Waals surface area (Å²) >= 11 is 0. The molecule has 0 fully saturated rings. The van der Waals surface area contributed by atoms with E-state index in [0.29, 0.717) is 11.5 Å². The minimum absolute atomic E-state index is 0.221. The van der Waals surface area contributed by atoms with Crippen molar-refractivity contribution in [2.45, 2.75) is 0 Å². The van der Waals surface area contributed by atoms with E-state index in [1.165, 1.54) is 38.5 Å². The zero-order valence-corrected chi connectivity index (χ0v) is 14.8. The molecule has 0 atom stereocenters. The monoisotopic (exact) mass is 375 g/mol. The third-order valence-corrected chi connectivity index (χ3v) is 3.57. The predicted molar refractivity (Wildman–Crippen MR) is 93.6 cm³/mol. The van der Waals surface area contributed by atoms with Gasteiger partial charge in [0.1, 0.15) is 12.4 Å². The second-order valence-corrected chi connectivity index (χ2v) is 5.34. The maximum absolute atomic E-state index is 12.8. The zero-order valence-electron chi connectivity index (χ0n) is 14.8. The Labute approximate surface area is 155 Å². The average Bonchev–Trinajstić information content (AvgIpc) is 2.70. The van der Waals surface area contributed by atoms with Gasteiger partial charge in [-0.3, -0.25) is 14.4 Å². The highest BCUT2D eigenvalue weighted by molar-refractivity contribution is 5.99. The Kier molecular flexibility index (Phi) is 6.87. The van der Waals surface area contributed by atoms with Crippen LogP contribution in [0.5, 0.6) is 11.5 Å². The van der Waals surface area contributed by atoms with Crippen LogP contribution < -0.4 is 14.8 Å². The van der Waals surface area contributed by atoms with Gasteiger partial charge in [0, 0.05) is 11.1 Å². The van der Waals surface area contributed by atoms with Gasteiger partial charge in [0.05, 0.1) is 14.2 Å². The van der Waals surface area contributed by atoms with Crippen LogP contribution in [0.4, 0.5) is 4.39 Å². The molecule has 2 aromatic rings. The first-order valence-electron chi connectivity index (χ1n) is 7.89. The topological polar surface area (TPSA) is 90.9 Å². The maximum atomic E-state index is 12.8. The third kappa shape index (κ3) is 5.53. The lowest BCUT2D eigenvalue weighted by Gasteiger charge is -2.10. The molecule has 0 aliphatic rings. The first-order valence-corrected chi connectivity index (χ1v) is 7.89. The number of hydrogen-bond donors (Lipinski definition) is 1. The molecule has 0 aliphatic heterocycles.